The van der Waals surface area contributed by atoms with Gasteiger partial charge in [-0.05, 0) is 26.0 Å². The molecular formula is C14H16N4O4. The molecule has 8 nitrogen and oxygen atoms in total. The summed E-state index contributed by atoms with van der Waals surface area (Å²) in [6.07, 6.45) is -0.0803. The van der Waals surface area contributed by atoms with E-state index in [2.05, 4.69) is 15.9 Å². The van der Waals surface area contributed by atoms with Gasteiger partial charge in [-0.3, -0.25) is 25.2 Å². The highest BCUT2D eigenvalue weighted by Gasteiger charge is 2.16. The largest absolute Gasteiger partial charge is 0.356 e. The van der Waals surface area contributed by atoms with E-state index < -0.39 is 17.7 Å². The van der Waals surface area contributed by atoms with Gasteiger partial charge in [-0.15, -0.1) is 0 Å². The fourth-order valence-corrected chi connectivity index (χ4v) is 1.77. The fraction of sp³-hybridized carbons (Fsp3) is 0.286. The number of carbonyl (C=O) groups excluding carboxylic acids is 3. The lowest BCUT2D eigenvalue weighted by Gasteiger charge is -2.09. The van der Waals surface area contributed by atoms with E-state index >= 15 is 0 Å². The number of para-hydroxylation sites is 1. The number of nitrogens with zero attached hydrogens (tertiary/aromatic N) is 1. The number of hydrogen-bond donors (Lipinski definition) is 3. The van der Waals surface area contributed by atoms with Gasteiger partial charge in [0, 0.05) is 11.4 Å². The summed E-state index contributed by atoms with van der Waals surface area (Å²) in [5, 5.41) is 6.94. The summed E-state index contributed by atoms with van der Waals surface area (Å²) in [5.74, 6) is -2.26. The molecular weight excluding hydrogens is 288 g/mol. The van der Waals surface area contributed by atoms with Crippen LogP contribution in [0.4, 0.5) is 0 Å². The Morgan fingerprint density at radius 2 is 1.86 bits per heavy atom. The second-order valence-corrected chi connectivity index (χ2v) is 4.93. The third-order valence-corrected chi connectivity index (χ3v) is 2.72. The minimum absolute atomic E-state index is 0.0803. The molecule has 22 heavy (non-hydrogen) atoms. The van der Waals surface area contributed by atoms with Crippen LogP contribution in [0.2, 0.25) is 0 Å². The lowest BCUT2D eigenvalue weighted by Crippen LogP contribution is -2.50. The van der Waals surface area contributed by atoms with Crippen LogP contribution in [0, 0.1) is 0 Å². The molecule has 0 atom stereocenters. The average molecular weight is 304 g/mol. The number of rotatable bonds is 3. The van der Waals surface area contributed by atoms with Crippen molar-refractivity contribution in [2.45, 2.75) is 26.3 Å². The van der Waals surface area contributed by atoms with Crippen LogP contribution in [0.25, 0.3) is 11.0 Å². The monoisotopic (exact) mass is 304 g/mol. The lowest BCUT2D eigenvalue weighted by molar-refractivity contribution is -0.141. The zero-order valence-corrected chi connectivity index (χ0v) is 12.2. The molecule has 0 saturated heterocycles. The molecule has 0 bridgehead atoms. The van der Waals surface area contributed by atoms with Crippen LogP contribution < -0.4 is 16.2 Å². The molecule has 0 spiro atoms. The van der Waals surface area contributed by atoms with Gasteiger partial charge in [-0.25, -0.2) is 0 Å². The van der Waals surface area contributed by atoms with E-state index in [1.165, 1.54) is 0 Å². The second kappa shape index (κ2) is 6.70. The van der Waals surface area contributed by atoms with Crippen LogP contribution in [0.1, 0.15) is 19.5 Å². The molecule has 3 amide bonds. The molecule has 8 heteroatoms. The van der Waals surface area contributed by atoms with Crippen molar-refractivity contribution in [1.82, 2.24) is 21.3 Å². The third-order valence-electron chi connectivity index (χ3n) is 2.72. The van der Waals surface area contributed by atoms with E-state index in [9.17, 15) is 14.4 Å². The highest BCUT2D eigenvalue weighted by Crippen LogP contribution is 2.17. The summed E-state index contributed by atoms with van der Waals surface area (Å²) in [6, 6.07) is 6.95. The minimum atomic E-state index is -0.938. The van der Waals surface area contributed by atoms with Crippen molar-refractivity contribution in [2.75, 3.05) is 0 Å². The van der Waals surface area contributed by atoms with Crippen LogP contribution >= 0.6 is 0 Å². The van der Waals surface area contributed by atoms with Crippen molar-refractivity contribution in [3.8, 4) is 0 Å². The predicted molar refractivity (Wildman–Crippen MR) is 77.3 cm³/mol. The Morgan fingerprint density at radius 3 is 2.59 bits per heavy atom. The molecule has 0 fully saturated rings. The lowest BCUT2D eigenvalue weighted by atomic mass is 10.2. The van der Waals surface area contributed by atoms with Gasteiger partial charge in [0.15, 0.2) is 5.58 Å². The van der Waals surface area contributed by atoms with Crippen LogP contribution in [-0.2, 0) is 20.8 Å². The maximum Gasteiger partial charge on any atom is 0.327 e. The van der Waals surface area contributed by atoms with Crippen LogP contribution in [0.3, 0.4) is 0 Å². The molecule has 0 aliphatic heterocycles. The highest BCUT2D eigenvalue weighted by atomic mass is 16.5. The Bertz CT molecular complexity index is 708. The first kappa shape index (κ1) is 15.5. The number of hydrogen-bond acceptors (Lipinski definition) is 5. The van der Waals surface area contributed by atoms with Crippen LogP contribution in [0.15, 0.2) is 28.8 Å². The Balaban J connectivity index is 1.88. The second-order valence-electron chi connectivity index (χ2n) is 4.93. The van der Waals surface area contributed by atoms with E-state index in [0.717, 1.165) is 5.39 Å². The summed E-state index contributed by atoms with van der Waals surface area (Å²) in [4.78, 5) is 34.5. The fourth-order valence-electron chi connectivity index (χ4n) is 1.77. The topological polar surface area (TPSA) is 113 Å². The minimum Gasteiger partial charge on any atom is -0.356 e. The quantitative estimate of drug-likeness (QED) is 0.547. The van der Waals surface area contributed by atoms with Crippen molar-refractivity contribution in [2.24, 2.45) is 0 Å². The van der Waals surface area contributed by atoms with Gasteiger partial charge in [0.2, 0.25) is 5.91 Å². The Hall–Kier alpha value is -2.90. The van der Waals surface area contributed by atoms with Gasteiger partial charge in [-0.1, -0.05) is 17.3 Å². The third kappa shape index (κ3) is 3.81. The molecule has 0 radical (unpaired) electrons. The van der Waals surface area contributed by atoms with Gasteiger partial charge in [0.25, 0.3) is 0 Å². The average Bonchev–Trinajstić information content (AvgIpc) is 2.87. The SMILES string of the molecule is CC(C)NC(=O)C(=O)NNC(=O)Cc1noc2ccccc12. The molecule has 2 rings (SSSR count). The van der Waals surface area contributed by atoms with Crippen molar-refractivity contribution >= 4 is 28.7 Å². The van der Waals surface area contributed by atoms with E-state index in [0.29, 0.717) is 11.3 Å². The van der Waals surface area contributed by atoms with E-state index in [1.54, 1.807) is 38.1 Å². The van der Waals surface area contributed by atoms with Crippen molar-refractivity contribution < 1.29 is 18.9 Å². The van der Waals surface area contributed by atoms with Crippen LogP contribution in [-0.4, -0.2) is 28.9 Å². The summed E-state index contributed by atoms with van der Waals surface area (Å²) < 4.78 is 5.08. The van der Waals surface area contributed by atoms with Gasteiger partial charge in [-0.2, -0.15) is 0 Å². The van der Waals surface area contributed by atoms with E-state index in [-0.39, 0.29) is 12.5 Å². The number of fused-ring (bicyclic) bond motifs is 1. The van der Waals surface area contributed by atoms with Gasteiger partial charge in [0.05, 0.1) is 6.42 Å². The normalized spacial score (nSPS) is 10.5. The number of amides is 3. The van der Waals surface area contributed by atoms with E-state index in [1.807, 2.05) is 5.43 Å². The maximum atomic E-state index is 11.8. The molecule has 1 aromatic heterocycles. The zero-order chi connectivity index (χ0) is 16.1. The first-order valence-electron chi connectivity index (χ1n) is 6.70. The smallest absolute Gasteiger partial charge is 0.327 e. The van der Waals surface area contributed by atoms with Crippen molar-refractivity contribution in [3.05, 3.63) is 30.0 Å². The first-order chi connectivity index (χ1) is 10.5. The van der Waals surface area contributed by atoms with Crippen LogP contribution in [0.5, 0.6) is 0 Å². The number of hydrazine groups is 1. The van der Waals surface area contributed by atoms with Gasteiger partial charge in [0.1, 0.15) is 5.69 Å². The molecule has 1 aromatic carbocycles. The zero-order valence-electron chi connectivity index (χ0n) is 12.2. The number of benzene rings is 1. The molecule has 1 heterocycles. The highest BCUT2D eigenvalue weighted by molar-refractivity contribution is 6.35. The van der Waals surface area contributed by atoms with Gasteiger partial charge < -0.3 is 9.84 Å². The van der Waals surface area contributed by atoms with Gasteiger partial charge >= 0.3 is 11.8 Å². The Kier molecular flexibility index (Phi) is 4.72. The summed E-state index contributed by atoms with van der Waals surface area (Å²) in [7, 11) is 0. The predicted octanol–water partition coefficient (Wildman–Crippen LogP) is 0.0423. The van der Waals surface area contributed by atoms with Crippen molar-refractivity contribution in [3.63, 3.8) is 0 Å². The first-order valence-corrected chi connectivity index (χ1v) is 6.70. The molecule has 3 N–H and O–H groups in total. The summed E-state index contributed by atoms with van der Waals surface area (Å²) in [5.41, 5.74) is 5.23. The number of carbonyl (C=O) groups is 3. The number of aromatic nitrogens is 1. The molecule has 0 unspecified atom stereocenters. The molecule has 0 aliphatic carbocycles. The van der Waals surface area contributed by atoms with Crippen molar-refractivity contribution in [1.29, 1.82) is 0 Å². The molecule has 0 saturated carbocycles. The molecule has 2 aromatic rings. The maximum absolute atomic E-state index is 11.8. The molecule has 0 aliphatic rings. The molecule has 116 valence electrons. The summed E-state index contributed by atoms with van der Waals surface area (Å²) in [6.45, 7) is 3.44. The Labute approximate surface area is 126 Å². The number of nitrogens with one attached hydrogen (secondary N) is 3. The van der Waals surface area contributed by atoms with E-state index in [4.69, 9.17) is 4.52 Å². The summed E-state index contributed by atoms with van der Waals surface area (Å²) >= 11 is 0. The standard InChI is InChI=1S/C14H16N4O4/c1-8(2)15-13(20)14(21)17-16-12(19)7-10-9-5-3-4-6-11(9)22-18-10/h3-6,8H,7H2,1-2H3,(H,15,20)(H,16,19)(H,17,21). The Morgan fingerprint density at radius 1 is 1.14 bits per heavy atom.